The molecule has 0 unspecified atom stereocenters. The first-order valence-electron chi connectivity index (χ1n) is 13.0. The summed E-state index contributed by atoms with van der Waals surface area (Å²) in [6.07, 6.45) is -0.700. The number of nitrogens with one attached hydrogen (secondary N) is 1. The maximum absolute atomic E-state index is 13.7. The van der Waals surface area contributed by atoms with Crippen LogP contribution in [0.4, 0.5) is 5.69 Å². The van der Waals surface area contributed by atoms with Crippen molar-refractivity contribution in [3.63, 3.8) is 0 Å². The topological polar surface area (TPSA) is 133 Å². The fraction of sp³-hybridized carbons (Fsp3) is 0.321. The molecule has 0 aromatic heterocycles. The molecule has 10 nitrogen and oxygen atoms in total. The van der Waals surface area contributed by atoms with Crippen LogP contribution >= 0.6 is 23.2 Å². The molecule has 0 radical (unpaired) electrons. The van der Waals surface area contributed by atoms with E-state index < -0.39 is 38.1 Å². The highest BCUT2D eigenvalue weighted by Crippen LogP contribution is 2.32. The van der Waals surface area contributed by atoms with Crippen LogP contribution in [0.1, 0.15) is 24.2 Å². The third kappa shape index (κ3) is 7.01. The summed E-state index contributed by atoms with van der Waals surface area (Å²) in [6, 6.07) is 15.2. The van der Waals surface area contributed by atoms with Gasteiger partial charge in [-0.15, -0.1) is 0 Å². The standard InChI is InChI=1S/C28H31Cl2N3O7S2/c1-18-15-33(19(2)17-34)28(35)25-14-22(31-41(36,37)23-9-4-20(29)5-10-23)8-13-26(25)40-27(18)16-32(3)42(38,39)24-11-6-21(30)7-12-24/h4-14,18-19,27,31,34H,15-17H2,1-3H3/t18-,19-,27+/m1/s1. The average Bonchev–Trinajstić information content (AvgIpc) is 2.95. The predicted octanol–water partition coefficient (Wildman–Crippen LogP) is 4.34. The molecular formula is C28H31Cl2N3O7S2. The average molecular weight is 657 g/mol. The monoisotopic (exact) mass is 655 g/mol. The molecule has 1 heterocycles. The predicted molar refractivity (Wildman–Crippen MR) is 161 cm³/mol. The van der Waals surface area contributed by atoms with Crippen molar-refractivity contribution in [1.82, 2.24) is 9.21 Å². The van der Waals surface area contributed by atoms with Gasteiger partial charge in [0.2, 0.25) is 10.0 Å². The van der Waals surface area contributed by atoms with E-state index in [1.54, 1.807) is 6.92 Å². The Balaban J connectivity index is 1.68. The van der Waals surface area contributed by atoms with Crippen LogP contribution in [0.25, 0.3) is 0 Å². The van der Waals surface area contributed by atoms with Gasteiger partial charge in [-0.25, -0.2) is 16.8 Å². The molecule has 3 atom stereocenters. The molecule has 14 heteroatoms. The van der Waals surface area contributed by atoms with Gasteiger partial charge >= 0.3 is 0 Å². The minimum atomic E-state index is -4.00. The number of benzene rings is 3. The number of rotatable bonds is 9. The second-order valence-electron chi connectivity index (χ2n) is 10.1. The Hall–Kier alpha value is -2.87. The van der Waals surface area contributed by atoms with Crippen LogP contribution in [0.5, 0.6) is 5.75 Å². The maximum Gasteiger partial charge on any atom is 0.261 e. The lowest BCUT2D eigenvalue weighted by Gasteiger charge is -2.38. The molecule has 0 saturated carbocycles. The van der Waals surface area contributed by atoms with Gasteiger partial charge in [-0.05, 0) is 73.7 Å². The lowest BCUT2D eigenvalue weighted by Crippen LogP contribution is -2.50. The maximum atomic E-state index is 13.7. The van der Waals surface area contributed by atoms with Crippen LogP contribution in [0.15, 0.2) is 76.5 Å². The zero-order valence-corrected chi connectivity index (χ0v) is 26.2. The lowest BCUT2D eigenvalue weighted by molar-refractivity contribution is 0.0387. The van der Waals surface area contributed by atoms with Gasteiger partial charge in [0, 0.05) is 35.2 Å². The van der Waals surface area contributed by atoms with E-state index in [4.69, 9.17) is 27.9 Å². The minimum absolute atomic E-state index is 0.0180. The van der Waals surface area contributed by atoms with E-state index in [1.165, 1.54) is 83.0 Å². The molecule has 0 aliphatic carbocycles. The number of hydrogen-bond donors (Lipinski definition) is 2. The zero-order valence-electron chi connectivity index (χ0n) is 23.1. The highest BCUT2D eigenvalue weighted by molar-refractivity contribution is 7.92. The van der Waals surface area contributed by atoms with Crippen molar-refractivity contribution in [2.45, 2.75) is 35.8 Å². The van der Waals surface area contributed by atoms with Gasteiger partial charge in [-0.1, -0.05) is 30.1 Å². The molecule has 0 spiro atoms. The largest absolute Gasteiger partial charge is 0.488 e. The Kier molecular flexibility index (Phi) is 9.75. The quantitative estimate of drug-likeness (QED) is 0.350. The first kappa shape index (κ1) is 32.1. The Morgan fingerprint density at radius 2 is 1.57 bits per heavy atom. The summed E-state index contributed by atoms with van der Waals surface area (Å²) in [5, 5.41) is 10.7. The minimum Gasteiger partial charge on any atom is -0.488 e. The van der Waals surface area contributed by atoms with Crippen LogP contribution < -0.4 is 9.46 Å². The van der Waals surface area contributed by atoms with Crippen molar-refractivity contribution < 1.29 is 31.5 Å². The summed E-state index contributed by atoms with van der Waals surface area (Å²) in [7, 11) is -6.45. The van der Waals surface area contributed by atoms with Crippen LogP contribution in [0.2, 0.25) is 10.0 Å². The fourth-order valence-electron chi connectivity index (χ4n) is 4.47. The normalized spacial score (nSPS) is 18.5. The van der Waals surface area contributed by atoms with E-state index in [1.807, 2.05) is 6.92 Å². The number of aliphatic hydroxyl groups excluding tert-OH is 1. The molecule has 4 rings (SSSR count). The van der Waals surface area contributed by atoms with Gasteiger partial charge < -0.3 is 14.7 Å². The number of carbonyl (C=O) groups excluding carboxylic acids is 1. The van der Waals surface area contributed by atoms with Gasteiger partial charge in [0.15, 0.2) is 0 Å². The number of anilines is 1. The van der Waals surface area contributed by atoms with Gasteiger partial charge in [-0.3, -0.25) is 9.52 Å². The highest BCUT2D eigenvalue weighted by Gasteiger charge is 2.35. The van der Waals surface area contributed by atoms with Gasteiger partial charge in [0.1, 0.15) is 11.9 Å². The second-order valence-corrected chi connectivity index (χ2v) is 14.7. The van der Waals surface area contributed by atoms with Crippen molar-refractivity contribution in [3.8, 4) is 5.75 Å². The second kappa shape index (κ2) is 12.8. The summed E-state index contributed by atoms with van der Waals surface area (Å²) < 4.78 is 62.4. The number of carbonyl (C=O) groups is 1. The summed E-state index contributed by atoms with van der Waals surface area (Å²) in [6.45, 7) is 3.31. The molecule has 0 bridgehead atoms. The summed E-state index contributed by atoms with van der Waals surface area (Å²) in [5.41, 5.74) is 0.177. The van der Waals surface area contributed by atoms with Crippen LogP contribution in [0.3, 0.4) is 0 Å². The van der Waals surface area contributed by atoms with E-state index in [9.17, 15) is 26.7 Å². The summed E-state index contributed by atoms with van der Waals surface area (Å²) >= 11 is 11.8. The zero-order chi connectivity index (χ0) is 30.8. The molecule has 0 fully saturated rings. The van der Waals surface area contributed by atoms with Crippen molar-refractivity contribution in [1.29, 1.82) is 0 Å². The van der Waals surface area contributed by atoms with Crippen molar-refractivity contribution >= 4 is 54.8 Å². The number of amides is 1. The Morgan fingerprint density at radius 1 is 1.00 bits per heavy atom. The van der Waals surface area contributed by atoms with E-state index in [0.29, 0.717) is 10.0 Å². The van der Waals surface area contributed by atoms with Crippen LogP contribution in [0, 0.1) is 5.92 Å². The SMILES string of the molecule is C[C@@H]1CN([C@H](C)CO)C(=O)c2cc(NS(=O)(=O)c3ccc(Cl)cc3)ccc2O[C@H]1CN(C)S(=O)(=O)c1ccc(Cl)cc1. The summed E-state index contributed by atoms with van der Waals surface area (Å²) in [5.74, 6) is -0.660. The van der Waals surface area contributed by atoms with E-state index in [-0.39, 0.29) is 52.4 Å². The number of aliphatic hydroxyl groups is 1. The lowest BCUT2D eigenvalue weighted by atomic mass is 9.99. The first-order chi connectivity index (χ1) is 19.7. The fourth-order valence-corrected chi connectivity index (χ4v) is 6.95. The van der Waals surface area contributed by atoms with E-state index >= 15 is 0 Å². The van der Waals surface area contributed by atoms with Crippen molar-refractivity contribution in [2.75, 3.05) is 31.5 Å². The van der Waals surface area contributed by atoms with Crippen molar-refractivity contribution in [3.05, 3.63) is 82.3 Å². The molecule has 1 amide bonds. The first-order valence-corrected chi connectivity index (χ1v) is 16.6. The smallest absolute Gasteiger partial charge is 0.261 e. The molecular weight excluding hydrogens is 625 g/mol. The molecule has 226 valence electrons. The number of ether oxygens (including phenoxy) is 1. The van der Waals surface area contributed by atoms with Gasteiger partial charge in [0.05, 0.1) is 34.5 Å². The van der Waals surface area contributed by atoms with Crippen LogP contribution in [-0.2, 0) is 20.0 Å². The molecule has 3 aromatic rings. The number of sulfonamides is 2. The Morgan fingerprint density at radius 3 is 2.14 bits per heavy atom. The Labute approximate surface area is 255 Å². The third-order valence-electron chi connectivity index (χ3n) is 7.00. The molecule has 3 aromatic carbocycles. The van der Waals surface area contributed by atoms with E-state index in [0.717, 1.165) is 0 Å². The molecule has 2 N–H and O–H groups in total. The van der Waals surface area contributed by atoms with Gasteiger partial charge in [0.25, 0.3) is 15.9 Å². The number of nitrogens with zero attached hydrogens (tertiary/aromatic N) is 2. The van der Waals surface area contributed by atoms with Gasteiger partial charge in [-0.2, -0.15) is 4.31 Å². The molecule has 1 aliphatic rings. The molecule has 42 heavy (non-hydrogen) atoms. The number of hydrogen-bond acceptors (Lipinski definition) is 7. The number of halogens is 2. The number of likely N-dealkylation sites (N-methyl/N-ethyl adjacent to an activating group) is 1. The van der Waals surface area contributed by atoms with Crippen molar-refractivity contribution in [2.24, 2.45) is 5.92 Å². The highest BCUT2D eigenvalue weighted by atomic mass is 35.5. The molecule has 0 saturated heterocycles. The molecule has 1 aliphatic heterocycles. The third-order valence-corrected chi connectivity index (χ3v) is 10.7. The van der Waals surface area contributed by atoms with E-state index in [2.05, 4.69) is 4.72 Å². The number of fused-ring (bicyclic) bond motifs is 1. The van der Waals surface area contributed by atoms with Crippen LogP contribution in [-0.4, -0.2) is 75.9 Å². The Bertz CT molecular complexity index is 1650. The summed E-state index contributed by atoms with van der Waals surface area (Å²) in [4.78, 5) is 15.2.